The highest BCUT2D eigenvalue weighted by Gasteiger charge is 2.51. The number of imidazole rings is 1. The van der Waals surface area contributed by atoms with Crippen LogP contribution in [0.3, 0.4) is 0 Å². The quantitative estimate of drug-likeness (QED) is 0.626. The molecule has 0 radical (unpaired) electrons. The van der Waals surface area contributed by atoms with Gasteiger partial charge in [0, 0.05) is 12.2 Å². The number of benzene rings is 1. The Morgan fingerprint density at radius 3 is 2.59 bits per heavy atom. The van der Waals surface area contributed by atoms with Crippen LogP contribution >= 0.6 is 0 Å². The first-order chi connectivity index (χ1) is 15.9. The van der Waals surface area contributed by atoms with Gasteiger partial charge in [-0.05, 0) is 64.1 Å². The van der Waals surface area contributed by atoms with Crippen molar-refractivity contribution in [2.45, 2.75) is 77.7 Å². The summed E-state index contributed by atoms with van der Waals surface area (Å²) in [7, 11) is 0.959. The Balaban J connectivity index is 1.57. The lowest BCUT2D eigenvalue weighted by atomic mass is 9.79. The molecule has 0 aliphatic carbocycles. The molecule has 1 aromatic heterocycles. The molecule has 0 spiro atoms. The summed E-state index contributed by atoms with van der Waals surface area (Å²) in [5.41, 5.74) is 2.93. The fraction of sp³-hybridized carbons (Fsp3) is 0.600. The standard InChI is InChI=1S/C25H37BN4O4/c1-15(2)21(29-23(31)32-8)16(3)30-13-9-10-20(30)22-27-18-12-11-17(14-19(18)28-22)26-33-24(4,5)25(6,7)34-26/h11-12,14-15,20-21H,3,9-10,13H2,1-2,4-8H3,(H,27,28)(H,29,31)/t20-,21-/m0/s1. The molecule has 184 valence electrons. The van der Waals surface area contributed by atoms with E-state index in [0.717, 1.165) is 47.4 Å². The van der Waals surface area contributed by atoms with Crippen LogP contribution in [0.15, 0.2) is 30.5 Å². The minimum Gasteiger partial charge on any atom is -0.453 e. The van der Waals surface area contributed by atoms with Crippen LogP contribution in [-0.4, -0.2) is 59.0 Å². The van der Waals surface area contributed by atoms with Gasteiger partial charge in [0.25, 0.3) is 0 Å². The topological polar surface area (TPSA) is 88.7 Å². The molecule has 34 heavy (non-hydrogen) atoms. The summed E-state index contributed by atoms with van der Waals surface area (Å²) in [5, 5.41) is 2.93. The third-order valence-electron chi connectivity index (χ3n) is 7.47. The molecule has 1 aromatic carbocycles. The van der Waals surface area contributed by atoms with Gasteiger partial charge in [-0.1, -0.05) is 26.5 Å². The summed E-state index contributed by atoms with van der Waals surface area (Å²) in [6.07, 6.45) is 1.55. The van der Waals surface area contributed by atoms with E-state index in [1.807, 2.05) is 12.1 Å². The van der Waals surface area contributed by atoms with E-state index in [1.54, 1.807) is 0 Å². The van der Waals surface area contributed by atoms with Gasteiger partial charge in [-0.15, -0.1) is 0 Å². The van der Waals surface area contributed by atoms with E-state index < -0.39 is 13.2 Å². The maximum atomic E-state index is 11.9. The second kappa shape index (κ2) is 8.93. The zero-order valence-electron chi connectivity index (χ0n) is 21.4. The SMILES string of the molecule is C=C([C@@H](NC(=O)OC)C(C)C)N1CCC[C@H]1c1nc2ccc(B3OC(C)(C)C(C)(C)O3)cc2[nH]1. The number of ether oxygens (including phenoxy) is 1. The van der Waals surface area contributed by atoms with Gasteiger partial charge in [0.05, 0.1) is 41.4 Å². The van der Waals surface area contributed by atoms with E-state index in [1.165, 1.54) is 7.11 Å². The number of amides is 1. The van der Waals surface area contributed by atoms with Crippen molar-refractivity contribution < 1.29 is 18.8 Å². The molecule has 9 heteroatoms. The third-order valence-corrected chi connectivity index (χ3v) is 7.47. The molecule has 2 aliphatic rings. The smallest absolute Gasteiger partial charge is 0.453 e. The Labute approximate surface area is 202 Å². The fourth-order valence-electron chi connectivity index (χ4n) is 4.72. The van der Waals surface area contributed by atoms with Gasteiger partial charge in [0.2, 0.25) is 0 Å². The largest absolute Gasteiger partial charge is 0.494 e. The van der Waals surface area contributed by atoms with Crippen molar-refractivity contribution in [3.05, 3.63) is 36.3 Å². The number of rotatable bonds is 6. The number of H-pyrrole nitrogens is 1. The summed E-state index contributed by atoms with van der Waals surface area (Å²) in [6, 6.07) is 5.96. The molecule has 8 nitrogen and oxygen atoms in total. The van der Waals surface area contributed by atoms with E-state index in [9.17, 15) is 4.79 Å². The molecule has 0 bridgehead atoms. The lowest BCUT2D eigenvalue weighted by Gasteiger charge is -2.34. The Morgan fingerprint density at radius 2 is 1.97 bits per heavy atom. The number of aromatic amines is 1. The Bertz CT molecular complexity index is 1060. The molecule has 4 rings (SSSR count). The maximum absolute atomic E-state index is 11.9. The molecule has 2 aromatic rings. The van der Waals surface area contributed by atoms with Crippen LogP contribution in [0.4, 0.5) is 4.79 Å². The average molecular weight is 468 g/mol. The molecule has 0 unspecified atom stereocenters. The molecule has 0 saturated carbocycles. The molecular formula is C25H37BN4O4. The van der Waals surface area contributed by atoms with Gasteiger partial charge in [-0.3, -0.25) is 0 Å². The van der Waals surface area contributed by atoms with Gasteiger partial charge in [-0.25, -0.2) is 9.78 Å². The number of hydrogen-bond donors (Lipinski definition) is 2. The predicted octanol–water partition coefficient (Wildman–Crippen LogP) is 3.89. The summed E-state index contributed by atoms with van der Waals surface area (Å²) < 4.78 is 17.3. The van der Waals surface area contributed by atoms with Gasteiger partial charge >= 0.3 is 13.2 Å². The van der Waals surface area contributed by atoms with Crippen molar-refractivity contribution in [1.29, 1.82) is 0 Å². The molecule has 3 heterocycles. The van der Waals surface area contributed by atoms with Gasteiger partial charge in [0.15, 0.2) is 0 Å². The summed E-state index contributed by atoms with van der Waals surface area (Å²) in [4.78, 5) is 22.6. The molecule has 2 atom stereocenters. The fourth-order valence-corrected chi connectivity index (χ4v) is 4.72. The highest BCUT2D eigenvalue weighted by molar-refractivity contribution is 6.62. The lowest BCUT2D eigenvalue weighted by molar-refractivity contribution is 0.00578. The summed E-state index contributed by atoms with van der Waals surface area (Å²) in [5.74, 6) is 1.08. The second-order valence-electron chi connectivity index (χ2n) is 10.7. The first kappa shape index (κ1) is 24.6. The zero-order chi connectivity index (χ0) is 24.8. The second-order valence-corrected chi connectivity index (χ2v) is 10.7. The third kappa shape index (κ3) is 4.43. The van der Waals surface area contributed by atoms with Gasteiger partial charge in [-0.2, -0.15) is 0 Å². The number of methoxy groups -OCH3 is 1. The van der Waals surface area contributed by atoms with Crippen molar-refractivity contribution in [1.82, 2.24) is 20.2 Å². The normalized spacial score (nSPS) is 22.4. The van der Waals surface area contributed by atoms with Gasteiger partial charge < -0.3 is 29.2 Å². The highest BCUT2D eigenvalue weighted by Crippen LogP contribution is 2.38. The maximum Gasteiger partial charge on any atom is 0.494 e. The molecule has 2 saturated heterocycles. The Hall–Kier alpha value is -2.52. The number of carbonyl (C=O) groups excluding carboxylic acids is 1. The van der Waals surface area contributed by atoms with Crippen molar-refractivity contribution >= 4 is 29.7 Å². The minimum atomic E-state index is -0.449. The Morgan fingerprint density at radius 1 is 1.29 bits per heavy atom. The molecular weight excluding hydrogens is 431 g/mol. The van der Waals surface area contributed by atoms with E-state index in [2.05, 4.69) is 69.4 Å². The number of alkyl carbamates (subject to hydrolysis) is 1. The van der Waals surface area contributed by atoms with E-state index >= 15 is 0 Å². The number of carbonyl (C=O) groups is 1. The molecule has 2 fully saturated rings. The van der Waals surface area contributed by atoms with Crippen LogP contribution in [0.1, 0.15) is 66.3 Å². The number of nitrogens with zero attached hydrogens (tertiary/aromatic N) is 2. The van der Waals surface area contributed by atoms with Gasteiger partial charge in [0.1, 0.15) is 5.82 Å². The van der Waals surface area contributed by atoms with Crippen LogP contribution in [0.2, 0.25) is 0 Å². The number of aromatic nitrogens is 2. The van der Waals surface area contributed by atoms with Crippen LogP contribution in [0.5, 0.6) is 0 Å². The van der Waals surface area contributed by atoms with Crippen LogP contribution in [0, 0.1) is 5.92 Å². The van der Waals surface area contributed by atoms with E-state index in [4.69, 9.17) is 19.0 Å². The first-order valence-corrected chi connectivity index (χ1v) is 12.1. The number of nitrogens with one attached hydrogen (secondary N) is 2. The first-order valence-electron chi connectivity index (χ1n) is 12.1. The van der Waals surface area contributed by atoms with E-state index in [-0.39, 0.29) is 29.2 Å². The summed E-state index contributed by atoms with van der Waals surface area (Å²) in [6.45, 7) is 17.6. The number of likely N-dealkylation sites (tertiary alicyclic amines) is 1. The van der Waals surface area contributed by atoms with Crippen LogP contribution in [-0.2, 0) is 14.0 Å². The zero-order valence-corrected chi connectivity index (χ0v) is 21.4. The summed E-state index contributed by atoms with van der Waals surface area (Å²) >= 11 is 0. The monoisotopic (exact) mass is 468 g/mol. The van der Waals surface area contributed by atoms with Crippen LogP contribution < -0.4 is 10.8 Å². The minimum absolute atomic E-state index is 0.0703. The molecule has 2 N–H and O–H groups in total. The lowest BCUT2D eigenvalue weighted by Crippen LogP contribution is -2.44. The van der Waals surface area contributed by atoms with Crippen molar-refractivity contribution in [2.24, 2.45) is 5.92 Å². The van der Waals surface area contributed by atoms with Crippen molar-refractivity contribution in [3.63, 3.8) is 0 Å². The molecule has 2 aliphatic heterocycles. The predicted molar refractivity (Wildman–Crippen MR) is 134 cm³/mol. The number of hydrogen-bond acceptors (Lipinski definition) is 6. The molecule has 1 amide bonds. The average Bonchev–Trinajstić information content (AvgIpc) is 3.46. The van der Waals surface area contributed by atoms with Crippen molar-refractivity contribution in [3.8, 4) is 0 Å². The number of fused-ring (bicyclic) bond motifs is 1. The highest BCUT2D eigenvalue weighted by atomic mass is 16.7. The van der Waals surface area contributed by atoms with Crippen LogP contribution in [0.25, 0.3) is 11.0 Å². The Kier molecular flexibility index (Phi) is 6.46. The van der Waals surface area contributed by atoms with E-state index in [0.29, 0.717) is 0 Å². The van der Waals surface area contributed by atoms with Crippen molar-refractivity contribution in [2.75, 3.05) is 13.7 Å².